The fourth-order valence-corrected chi connectivity index (χ4v) is 3.60. The number of carbonyl (C=O) groups is 1. The predicted octanol–water partition coefficient (Wildman–Crippen LogP) is 1.81. The molecule has 3 rings (SSSR count). The third kappa shape index (κ3) is 2.11. The van der Waals surface area contributed by atoms with E-state index in [0.717, 1.165) is 12.8 Å². The lowest BCUT2D eigenvalue weighted by molar-refractivity contribution is -0.144. The van der Waals surface area contributed by atoms with Gasteiger partial charge in [-0.15, -0.1) is 0 Å². The first-order chi connectivity index (χ1) is 8.92. The monoisotopic (exact) mass is 266 g/mol. The van der Waals surface area contributed by atoms with E-state index < -0.39 is 6.10 Å². The van der Waals surface area contributed by atoms with Gasteiger partial charge in [-0.1, -0.05) is 18.6 Å². The molecule has 0 aromatic carbocycles. The second-order valence-corrected chi connectivity index (χ2v) is 6.48. The lowest BCUT2D eigenvalue weighted by Gasteiger charge is -2.25. The molecule has 4 nitrogen and oxygen atoms in total. The van der Waals surface area contributed by atoms with Crippen molar-refractivity contribution < 1.29 is 19.4 Å². The largest absolute Gasteiger partial charge is 0.459 e. The second kappa shape index (κ2) is 4.32. The summed E-state index contributed by atoms with van der Waals surface area (Å²) in [5.74, 6) is -0.603. The summed E-state index contributed by atoms with van der Waals surface area (Å²) in [5, 5.41) is 10.5. The summed E-state index contributed by atoms with van der Waals surface area (Å²) in [6, 6.07) is 0. The third-order valence-corrected chi connectivity index (χ3v) is 4.93. The highest BCUT2D eigenvalue weighted by atomic mass is 16.6. The maximum atomic E-state index is 11.8. The van der Waals surface area contributed by atoms with Crippen molar-refractivity contribution in [2.75, 3.05) is 0 Å². The quantitative estimate of drug-likeness (QED) is 0.413. The third-order valence-electron chi connectivity index (χ3n) is 4.93. The van der Waals surface area contributed by atoms with Crippen molar-refractivity contribution in [3.8, 4) is 0 Å². The summed E-state index contributed by atoms with van der Waals surface area (Å²) in [7, 11) is 0. The number of esters is 1. The van der Waals surface area contributed by atoms with E-state index in [1.165, 1.54) is 5.57 Å². The highest BCUT2D eigenvalue weighted by molar-refractivity contribution is 5.75. The fourth-order valence-electron chi connectivity index (χ4n) is 3.60. The Labute approximate surface area is 113 Å². The molecule has 0 amide bonds. The van der Waals surface area contributed by atoms with Crippen LogP contribution >= 0.6 is 0 Å². The zero-order chi connectivity index (χ0) is 13.8. The predicted molar refractivity (Wildman–Crippen MR) is 69.4 cm³/mol. The lowest BCUT2D eigenvalue weighted by Crippen LogP contribution is -2.37. The highest BCUT2D eigenvalue weighted by Crippen LogP contribution is 2.50. The summed E-state index contributed by atoms with van der Waals surface area (Å²) in [5.41, 5.74) is 0.988. The molecule has 2 fully saturated rings. The molecule has 2 aliphatic heterocycles. The molecule has 0 spiro atoms. The van der Waals surface area contributed by atoms with Crippen LogP contribution in [0, 0.1) is 11.8 Å². The highest BCUT2D eigenvalue weighted by Gasteiger charge is 2.63. The summed E-state index contributed by atoms with van der Waals surface area (Å²) in [6.45, 7) is 5.96. The molecule has 0 aromatic heterocycles. The Balaban J connectivity index is 1.91. The van der Waals surface area contributed by atoms with Crippen LogP contribution in [0.3, 0.4) is 0 Å². The number of ether oxygens (including phenoxy) is 2. The molecule has 2 saturated heterocycles. The van der Waals surface area contributed by atoms with Crippen LogP contribution in [0.25, 0.3) is 0 Å². The van der Waals surface area contributed by atoms with Gasteiger partial charge >= 0.3 is 5.97 Å². The Kier molecular flexibility index (Phi) is 2.98. The van der Waals surface area contributed by atoms with E-state index in [2.05, 4.69) is 13.0 Å². The number of aliphatic hydroxyl groups is 1. The van der Waals surface area contributed by atoms with Crippen LogP contribution in [0.5, 0.6) is 0 Å². The molecular formula is C15H22O4. The number of epoxide rings is 1. The van der Waals surface area contributed by atoms with E-state index in [4.69, 9.17) is 9.47 Å². The van der Waals surface area contributed by atoms with Crippen molar-refractivity contribution in [3.63, 3.8) is 0 Å². The molecule has 3 aliphatic rings. The van der Waals surface area contributed by atoms with Crippen LogP contribution in [0.4, 0.5) is 0 Å². The van der Waals surface area contributed by atoms with E-state index in [1.807, 2.05) is 13.8 Å². The molecule has 0 unspecified atom stereocenters. The van der Waals surface area contributed by atoms with Crippen molar-refractivity contribution in [2.45, 2.75) is 63.9 Å². The molecular weight excluding hydrogens is 244 g/mol. The number of allylic oxidation sites excluding steroid dienone is 1. The van der Waals surface area contributed by atoms with Gasteiger partial charge in [-0.25, -0.2) is 0 Å². The number of rotatable bonds is 0. The SMILES string of the molecule is C/C1=C\CC[C@@]2(C)O[C@@H]2[C@H]2OC(=O)[C@H](C)[C@H]2[C@H](O)C1. The molecule has 0 radical (unpaired) electrons. The Hall–Kier alpha value is -0.870. The van der Waals surface area contributed by atoms with Crippen LogP contribution < -0.4 is 0 Å². The van der Waals surface area contributed by atoms with Crippen LogP contribution in [-0.2, 0) is 14.3 Å². The van der Waals surface area contributed by atoms with Gasteiger partial charge < -0.3 is 14.6 Å². The number of fused-ring (bicyclic) bond motifs is 3. The van der Waals surface area contributed by atoms with Crippen molar-refractivity contribution in [1.29, 1.82) is 0 Å². The van der Waals surface area contributed by atoms with Crippen LogP contribution in [-0.4, -0.2) is 35.0 Å². The normalized spacial score (nSPS) is 52.5. The number of hydrogen-bond acceptors (Lipinski definition) is 4. The second-order valence-electron chi connectivity index (χ2n) is 6.48. The molecule has 1 aliphatic carbocycles. The van der Waals surface area contributed by atoms with E-state index in [-0.39, 0.29) is 35.6 Å². The average molecular weight is 266 g/mol. The van der Waals surface area contributed by atoms with Gasteiger partial charge in [0.2, 0.25) is 0 Å². The first-order valence-electron chi connectivity index (χ1n) is 7.14. The van der Waals surface area contributed by atoms with Crippen LogP contribution in [0.1, 0.15) is 40.0 Å². The van der Waals surface area contributed by atoms with Crippen molar-refractivity contribution >= 4 is 5.97 Å². The fraction of sp³-hybridized carbons (Fsp3) is 0.800. The van der Waals surface area contributed by atoms with E-state index in [1.54, 1.807) is 0 Å². The molecule has 6 atom stereocenters. The van der Waals surface area contributed by atoms with Crippen LogP contribution in [0.2, 0.25) is 0 Å². The Bertz CT molecular complexity index is 430. The first-order valence-corrected chi connectivity index (χ1v) is 7.14. The van der Waals surface area contributed by atoms with Crippen molar-refractivity contribution in [1.82, 2.24) is 0 Å². The Morgan fingerprint density at radius 3 is 2.95 bits per heavy atom. The summed E-state index contributed by atoms with van der Waals surface area (Å²) < 4.78 is 11.3. The minimum absolute atomic E-state index is 0.0483. The number of carbonyl (C=O) groups excluding carboxylic acids is 1. The maximum absolute atomic E-state index is 11.8. The lowest BCUT2D eigenvalue weighted by atomic mass is 9.80. The molecule has 1 N–H and O–H groups in total. The topological polar surface area (TPSA) is 59.1 Å². The molecule has 0 bridgehead atoms. The van der Waals surface area contributed by atoms with Crippen LogP contribution in [0.15, 0.2) is 11.6 Å². The molecule has 19 heavy (non-hydrogen) atoms. The van der Waals surface area contributed by atoms with Gasteiger partial charge in [0.05, 0.1) is 17.6 Å². The van der Waals surface area contributed by atoms with Crippen molar-refractivity contribution in [2.24, 2.45) is 11.8 Å². The van der Waals surface area contributed by atoms with Gasteiger partial charge in [-0.2, -0.15) is 0 Å². The summed E-state index contributed by atoms with van der Waals surface area (Å²) in [6.07, 6.45) is 3.82. The summed E-state index contributed by atoms with van der Waals surface area (Å²) in [4.78, 5) is 11.8. The zero-order valence-electron chi connectivity index (χ0n) is 11.8. The minimum atomic E-state index is -0.533. The van der Waals surface area contributed by atoms with E-state index >= 15 is 0 Å². The maximum Gasteiger partial charge on any atom is 0.309 e. The number of aliphatic hydroxyl groups excluding tert-OH is 1. The summed E-state index contributed by atoms with van der Waals surface area (Å²) >= 11 is 0. The van der Waals surface area contributed by atoms with Crippen molar-refractivity contribution in [3.05, 3.63) is 11.6 Å². The molecule has 106 valence electrons. The van der Waals surface area contributed by atoms with E-state index in [9.17, 15) is 9.90 Å². The molecule has 2 heterocycles. The first kappa shape index (κ1) is 13.1. The van der Waals surface area contributed by atoms with E-state index in [0.29, 0.717) is 6.42 Å². The van der Waals surface area contributed by atoms with Gasteiger partial charge in [0.1, 0.15) is 12.2 Å². The Morgan fingerprint density at radius 1 is 1.47 bits per heavy atom. The average Bonchev–Trinajstić information content (AvgIpc) is 2.89. The molecule has 0 saturated carbocycles. The molecule has 0 aromatic rings. The Morgan fingerprint density at radius 2 is 2.21 bits per heavy atom. The number of hydrogen-bond donors (Lipinski definition) is 1. The molecule has 4 heteroatoms. The standard InChI is InChI=1S/C15H22O4/c1-8-5-4-6-15(3)13(19-15)12-11(10(16)7-8)9(2)14(17)18-12/h5,9-13,16H,4,6-7H2,1-3H3/b8-5+/t9-,10-,11+,12+,13-,15-/m1/s1. The minimum Gasteiger partial charge on any atom is -0.459 e. The van der Waals surface area contributed by atoms with Gasteiger partial charge in [-0.3, -0.25) is 4.79 Å². The van der Waals surface area contributed by atoms with Gasteiger partial charge in [0.15, 0.2) is 0 Å². The van der Waals surface area contributed by atoms with Gasteiger partial charge in [0.25, 0.3) is 0 Å². The zero-order valence-corrected chi connectivity index (χ0v) is 11.8. The van der Waals surface area contributed by atoms with Gasteiger partial charge in [0, 0.05) is 5.92 Å². The van der Waals surface area contributed by atoms with Gasteiger partial charge in [-0.05, 0) is 33.1 Å². The smallest absolute Gasteiger partial charge is 0.309 e.